The van der Waals surface area contributed by atoms with Gasteiger partial charge >= 0.3 is 18.2 Å². The highest BCUT2D eigenvalue weighted by molar-refractivity contribution is 14.1. The number of hydrogen-bond acceptors (Lipinski definition) is 6. The summed E-state index contributed by atoms with van der Waals surface area (Å²) in [6.07, 6.45) is -2.68. The monoisotopic (exact) mass is 473 g/mol. The van der Waals surface area contributed by atoms with Crippen LogP contribution in [0.2, 0.25) is 0 Å². The second kappa shape index (κ2) is 6.88. The normalized spacial score (nSPS) is 25.8. The van der Waals surface area contributed by atoms with E-state index in [0.717, 1.165) is 7.11 Å². The van der Waals surface area contributed by atoms with Crippen LogP contribution in [0.4, 0.5) is 14.0 Å². The molecule has 0 bridgehead atoms. The lowest BCUT2D eigenvalue weighted by Crippen LogP contribution is -2.57. The van der Waals surface area contributed by atoms with Gasteiger partial charge in [0, 0.05) is 10.8 Å². The number of nitrogens with zero attached hydrogens (tertiary/aromatic N) is 1. The predicted molar refractivity (Wildman–Crippen MR) is 96.4 cm³/mol. The Kier molecular flexibility index (Phi) is 6.03. The highest BCUT2D eigenvalue weighted by Gasteiger charge is 2.80. The van der Waals surface area contributed by atoms with Crippen molar-refractivity contribution in [1.29, 1.82) is 0 Å². The first-order chi connectivity index (χ1) is 11.1. The van der Waals surface area contributed by atoms with Gasteiger partial charge in [0.2, 0.25) is 0 Å². The van der Waals surface area contributed by atoms with Gasteiger partial charge in [-0.1, -0.05) is 22.6 Å². The Bertz CT molecular complexity index is 542. The zero-order valence-corrected chi connectivity index (χ0v) is 17.7. The second-order valence-electron chi connectivity index (χ2n) is 7.92. The minimum atomic E-state index is -2.10. The average molecular weight is 473 g/mol. The van der Waals surface area contributed by atoms with Crippen LogP contribution in [-0.4, -0.2) is 57.0 Å². The zero-order valence-electron chi connectivity index (χ0n) is 15.6. The third kappa shape index (κ3) is 4.53. The predicted octanol–water partition coefficient (Wildman–Crippen LogP) is 3.62. The third-order valence-corrected chi connectivity index (χ3v) is 4.63. The smallest absolute Gasteiger partial charge is 0.420 e. The number of amides is 2. The lowest BCUT2D eigenvalue weighted by atomic mass is 10.1. The Morgan fingerprint density at radius 2 is 1.44 bits per heavy atom. The van der Waals surface area contributed by atoms with E-state index >= 15 is 4.39 Å². The number of rotatable bonds is 3. The number of methoxy groups -OCH3 is 1. The molecule has 0 saturated heterocycles. The summed E-state index contributed by atoms with van der Waals surface area (Å²) in [5.74, 6) is -1.02. The van der Waals surface area contributed by atoms with E-state index in [1.807, 2.05) is 0 Å². The Morgan fingerprint density at radius 3 is 1.68 bits per heavy atom. The number of imide groups is 1. The van der Waals surface area contributed by atoms with Crippen LogP contribution >= 0.6 is 22.6 Å². The first-order valence-electron chi connectivity index (χ1n) is 7.73. The summed E-state index contributed by atoms with van der Waals surface area (Å²) in [6, 6.07) is 0. The highest BCUT2D eigenvalue weighted by atomic mass is 127. The minimum Gasteiger partial charge on any atom is -0.467 e. The molecule has 0 heterocycles. The number of carbonyl (C=O) groups is 3. The summed E-state index contributed by atoms with van der Waals surface area (Å²) < 4.78 is 30.0. The number of hydrogen-bond donors (Lipinski definition) is 0. The Labute approximate surface area is 160 Å². The van der Waals surface area contributed by atoms with Crippen LogP contribution in [-0.2, 0) is 19.0 Å². The zero-order chi connectivity index (χ0) is 19.8. The molecule has 1 saturated carbocycles. The topological polar surface area (TPSA) is 82.1 Å². The van der Waals surface area contributed by atoms with Crippen molar-refractivity contribution in [1.82, 2.24) is 4.90 Å². The average Bonchev–Trinajstić information content (AvgIpc) is 3.01. The molecule has 0 aromatic heterocycles. The molecule has 0 spiro atoms. The molecule has 1 unspecified atom stereocenters. The van der Waals surface area contributed by atoms with Crippen LogP contribution in [0.5, 0.6) is 0 Å². The van der Waals surface area contributed by atoms with E-state index in [4.69, 9.17) is 9.47 Å². The Balaban J connectivity index is 3.37. The lowest BCUT2D eigenvalue weighted by Gasteiger charge is -2.33. The number of alkyl halides is 2. The van der Waals surface area contributed by atoms with Crippen molar-refractivity contribution in [2.45, 2.75) is 70.4 Å². The maximum Gasteiger partial charge on any atom is 0.420 e. The molecule has 0 radical (unpaired) electrons. The van der Waals surface area contributed by atoms with Gasteiger partial charge in [-0.15, -0.1) is 0 Å². The van der Waals surface area contributed by atoms with Crippen molar-refractivity contribution in [3.05, 3.63) is 0 Å². The van der Waals surface area contributed by atoms with E-state index in [0.29, 0.717) is 4.90 Å². The van der Waals surface area contributed by atoms with Crippen molar-refractivity contribution >= 4 is 40.7 Å². The van der Waals surface area contributed by atoms with Crippen LogP contribution in [0.1, 0.15) is 48.0 Å². The van der Waals surface area contributed by atoms with Gasteiger partial charge in [-0.3, -0.25) is 0 Å². The molecule has 2 amide bonds. The van der Waals surface area contributed by atoms with Gasteiger partial charge in [-0.05, 0) is 41.5 Å². The molecular weight excluding hydrogens is 448 g/mol. The second-order valence-corrected chi connectivity index (χ2v) is 8.69. The molecule has 1 aliphatic rings. The van der Waals surface area contributed by atoms with Crippen LogP contribution in [0.15, 0.2) is 0 Å². The quantitative estimate of drug-likeness (QED) is 0.270. The standard InChI is InChI=1S/C16H25FINO6/c1-13(2,3)24-11(21)19(12(22)25-14(4,5)6)16(10(20)23-7)8-15(16,17)9-18/h8-9H2,1-7H3/t15-,16?/m1/s1. The molecule has 144 valence electrons. The molecule has 1 rings (SSSR count). The summed E-state index contributed by atoms with van der Waals surface area (Å²) >= 11 is 1.75. The van der Waals surface area contributed by atoms with E-state index in [9.17, 15) is 14.4 Å². The van der Waals surface area contributed by atoms with Gasteiger partial charge in [-0.2, -0.15) is 4.90 Å². The molecule has 1 fully saturated rings. The fraction of sp³-hybridized carbons (Fsp3) is 0.812. The molecule has 7 nitrogen and oxygen atoms in total. The number of carbonyl (C=O) groups excluding carboxylic acids is 3. The number of esters is 1. The molecular formula is C16H25FINO6. The van der Waals surface area contributed by atoms with Gasteiger partial charge in [0.1, 0.15) is 11.2 Å². The van der Waals surface area contributed by atoms with E-state index in [1.165, 1.54) is 0 Å². The minimum absolute atomic E-state index is 0.109. The molecule has 0 aliphatic heterocycles. The summed E-state index contributed by atoms with van der Waals surface area (Å²) in [6.45, 7) is 9.56. The first kappa shape index (κ1) is 21.9. The molecule has 9 heteroatoms. The van der Waals surface area contributed by atoms with Crippen molar-refractivity contribution < 1.29 is 33.0 Å². The fourth-order valence-corrected chi connectivity index (χ4v) is 3.22. The van der Waals surface area contributed by atoms with Crippen LogP contribution in [0, 0.1) is 0 Å². The molecule has 2 atom stereocenters. The summed E-state index contributed by atoms with van der Waals surface area (Å²) in [7, 11) is 1.07. The van der Waals surface area contributed by atoms with Crippen molar-refractivity contribution in [3.8, 4) is 0 Å². The molecule has 0 N–H and O–H groups in total. The maximum atomic E-state index is 15.1. The maximum absolute atomic E-state index is 15.1. The lowest BCUT2D eigenvalue weighted by molar-refractivity contribution is -0.150. The van der Waals surface area contributed by atoms with Crippen LogP contribution in [0.3, 0.4) is 0 Å². The van der Waals surface area contributed by atoms with Crippen LogP contribution < -0.4 is 0 Å². The summed E-state index contributed by atoms with van der Waals surface area (Å²) in [4.78, 5) is 38.0. The van der Waals surface area contributed by atoms with Gasteiger partial charge < -0.3 is 14.2 Å². The van der Waals surface area contributed by atoms with Crippen molar-refractivity contribution in [2.24, 2.45) is 0 Å². The Hall–Kier alpha value is -1.13. The van der Waals surface area contributed by atoms with Gasteiger partial charge in [-0.25, -0.2) is 18.8 Å². The fourth-order valence-electron chi connectivity index (χ4n) is 2.32. The number of halogens is 2. The van der Waals surface area contributed by atoms with Gasteiger partial charge in [0.25, 0.3) is 0 Å². The van der Waals surface area contributed by atoms with E-state index in [2.05, 4.69) is 4.74 Å². The summed E-state index contributed by atoms with van der Waals surface area (Å²) in [5, 5.41) is 0. The SMILES string of the molecule is COC(=O)C1(N(C(=O)OC(C)(C)C)C(=O)OC(C)(C)C)C[C@@]1(F)CI. The molecule has 0 aromatic carbocycles. The van der Waals surface area contributed by atoms with Gasteiger partial charge in [0.05, 0.1) is 7.11 Å². The van der Waals surface area contributed by atoms with E-state index < -0.39 is 40.6 Å². The van der Waals surface area contributed by atoms with Crippen LogP contribution in [0.25, 0.3) is 0 Å². The molecule has 25 heavy (non-hydrogen) atoms. The largest absolute Gasteiger partial charge is 0.467 e. The van der Waals surface area contributed by atoms with E-state index in [1.54, 1.807) is 64.1 Å². The third-order valence-electron chi connectivity index (χ3n) is 3.42. The first-order valence-corrected chi connectivity index (χ1v) is 9.25. The summed E-state index contributed by atoms with van der Waals surface area (Å²) in [5.41, 5.74) is -6.10. The molecule has 1 aliphatic carbocycles. The van der Waals surface area contributed by atoms with Crippen molar-refractivity contribution in [3.63, 3.8) is 0 Å². The Morgan fingerprint density at radius 1 is 1.04 bits per heavy atom. The van der Waals surface area contributed by atoms with Crippen molar-refractivity contribution in [2.75, 3.05) is 11.5 Å². The van der Waals surface area contributed by atoms with Gasteiger partial charge in [0.15, 0.2) is 11.2 Å². The highest BCUT2D eigenvalue weighted by Crippen LogP contribution is 2.57. The number of ether oxygens (including phenoxy) is 3. The van der Waals surface area contributed by atoms with E-state index in [-0.39, 0.29) is 10.8 Å². The molecule has 0 aromatic rings.